The smallest absolute Gasteiger partial charge is 0.243 e. The van der Waals surface area contributed by atoms with Gasteiger partial charge in [0.05, 0.1) is 29.2 Å². The highest BCUT2D eigenvalue weighted by atomic mass is 32.2. The lowest BCUT2D eigenvalue weighted by atomic mass is 10.2. The minimum absolute atomic E-state index is 0.118. The summed E-state index contributed by atoms with van der Waals surface area (Å²) in [5, 5.41) is 5.45. The Bertz CT molecular complexity index is 1150. The van der Waals surface area contributed by atoms with Crippen molar-refractivity contribution in [2.45, 2.75) is 32.1 Å². The molecular formula is C23H27N3O4S2. The van der Waals surface area contributed by atoms with Crippen LogP contribution in [0.15, 0.2) is 58.8 Å². The first-order valence-electron chi connectivity index (χ1n) is 10.5. The largest absolute Gasteiger partial charge is 0.493 e. The number of aromatic nitrogens is 1. The van der Waals surface area contributed by atoms with Crippen LogP contribution in [0.1, 0.15) is 26.5 Å². The normalized spacial score (nSPS) is 11.5. The molecule has 0 spiro atoms. The molecule has 1 heterocycles. The van der Waals surface area contributed by atoms with Crippen LogP contribution in [-0.4, -0.2) is 43.3 Å². The van der Waals surface area contributed by atoms with E-state index in [0.717, 1.165) is 16.3 Å². The molecule has 0 saturated carbocycles. The molecular weight excluding hydrogens is 446 g/mol. The van der Waals surface area contributed by atoms with Crippen molar-refractivity contribution in [1.29, 1.82) is 0 Å². The predicted octanol–water partition coefficient (Wildman–Crippen LogP) is 4.42. The summed E-state index contributed by atoms with van der Waals surface area (Å²) in [4.78, 5) is 17.3. The highest BCUT2D eigenvalue weighted by Gasteiger charge is 2.21. The lowest BCUT2D eigenvalue weighted by Gasteiger charge is -2.18. The van der Waals surface area contributed by atoms with Crippen LogP contribution in [0, 0.1) is 0 Å². The van der Waals surface area contributed by atoms with E-state index in [9.17, 15) is 13.2 Å². The van der Waals surface area contributed by atoms with Gasteiger partial charge in [0, 0.05) is 24.2 Å². The second kappa shape index (κ2) is 10.7. The number of hydrogen-bond acceptors (Lipinski definition) is 6. The van der Waals surface area contributed by atoms with Crippen LogP contribution < -0.4 is 10.1 Å². The van der Waals surface area contributed by atoms with Crippen LogP contribution >= 0.6 is 11.3 Å². The first kappa shape index (κ1) is 23.9. The van der Waals surface area contributed by atoms with Crippen LogP contribution in [0.5, 0.6) is 5.75 Å². The van der Waals surface area contributed by atoms with Crippen molar-refractivity contribution in [3.63, 3.8) is 0 Å². The maximum Gasteiger partial charge on any atom is 0.243 e. The highest BCUT2D eigenvalue weighted by molar-refractivity contribution is 7.89. The zero-order valence-electron chi connectivity index (χ0n) is 18.4. The van der Waals surface area contributed by atoms with E-state index in [2.05, 4.69) is 10.3 Å². The minimum atomic E-state index is -3.52. The Morgan fingerprint density at radius 3 is 2.41 bits per heavy atom. The fourth-order valence-electron chi connectivity index (χ4n) is 3.23. The summed E-state index contributed by atoms with van der Waals surface area (Å²) in [6.45, 7) is 6.90. The maximum atomic E-state index is 12.6. The van der Waals surface area contributed by atoms with E-state index >= 15 is 0 Å². The third-order valence-electron chi connectivity index (χ3n) is 4.79. The van der Waals surface area contributed by atoms with Crippen molar-refractivity contribution in [2.75, 3.05) is 25.0 Å². The van der Waals surface area contributed by atoms with E-state index in [1.54, 1.807) is 26.0 Å². The summed E-state index contributed by atoms with van der Waals surface area (Å²) in [6.07, 6.45) is 0.118. The van der Waals surface area contributed by atoms with Gasteiger partial charge in [-0.3, -0.25) is 4.79 Å². The van der Waals surface area contributed by atoms with E-state index in [1.807, 2.05) is 36.6 Å². The third-order valence-corrected chi connectivity index (χ3v) is 7.78. The standard InChI is InChI=1S/C23H27N3O4S2/c1-4-26(5-2)32(28,29)19-13-11-17(12-14-19)24-22(27)15-18-16-31-23(25-18)20-9-7-8-10-21(20)30-6-3/h7-14,16H,4-6,15H2,1-3H3,(H,24,27). The SMILES string of the molecule is CCOc1ccccc1-c1nc(CC(=O)Nc2ccc(S(=O)(=O)N(CC)CC)cc2)cs1. The Morgan fingerprint density at radius 2 is 1.75 bits per heavy atom. The number of para-hydroxylation sites is 1. The van der Waals surface area contributed by atoms with Crippen molar-refractivity contribution >= 4 is 33.0 Å². The monoisotopic (exact) mass is 473 g/mol. The molecule has 0 bridgehead atoms. The lowest BCUT2D eigenvalue weighted by molar-refractivity contribution is -0.115. The quantitative estimate of drug-likeness (QED) is 0.471. The molecule has 9 heteroatoms. The number of ether oxygens (including phenoxy) is 1. The van der Waals surface area contributed by atoms with Crippen LogP contribution in [0.25, 0.3) is 10.6 Å². The molecule has 0 aliphatic carbocycles. The van der Waals surface area contributed by atoms with Gasteiger partial charge in [0.25, 0.3) is 0 Å². The van der Waals surface area contributed by atoms with E-state index in [4.69, 9.17) is 4.74 Å². The molecule has 0 radical (unpaired) electrons. The van der Waals surface area contributed by atoms with Gasteiger partial charge in [-0.1, -0.05) is 26.0 Å². The van der Waals surface area contributed by atoms with Crippen molar-refractivity contribution in [1.82, 2.24) is 9.29 Å². The first-order valence-corrected chi connectivity index (χ1v) is 12.8. The molecule has 3 rings (SSSR count). The molecule has 0 atom stereocenters. The van der Waals surface area contributed by atoms with E-state index in [-0.39, 0.29) is 17.2 Å². The van der Waals surface area contributed by atoms with Crippen LogP contribution in [0.3, 0.4) is 0 Å². The molecule has 0 saturated heterocycles. The van der Waals surface area contributed by atoms with Gasteiger partial charge in [-0.25, -0.2) is 13.4 Å². The summed E-state index contributed by atoms with van der Waals surface area (Å²) in [5.74, 6) is 0.541. The molecule has 2 aromatic carbocycles. The molecule has 1 amide bonds. The van der Waals surface area contributed by atoms with Crippen LogP contribution in [0.4, 0.5) is 5.69 Å². The Kier molecular flexibility index (Phi) is 8.00. The van der Waals surface area contributed by atoms with Gasteiger partial charge in [-0.2, -0.15) is 4.31 Å². The van der Waals surface area contributed by atoms with Gasteiger partial charge in [0.15, 0.2) is 0 Å². The summed E-state index contributed by atoms with van der Waals surface area (Å²) in [6, 6.07) is 13.9. The third kappa shape index (κ3) is 5.53. The molecule has 0 fully saturated rings. The molecule has 1 N–H and O–H groups in total. The number of hydrogen-bond donors (Lipinski definition) is 1. The molecule has 7 nitrogen and oxygen atoms in total. The zero-order chi connectivity index (χ0) is 23.1. The average Bonchev–Trinajstić information content (AvgIpc) is 3.23. The van der Waals surface area contributed by atoms with Crippen molar-refractivity contribution in [3.05, 3.63) is 59.6 Å². The number of anilines is 1. The second-order valence-corrected chi connectivity index (χ2v) is 9.71. The fourth-order valence-corrected chi connectivity index (χ4v) is 5.54. The fraction of sp³-hybridized carbons (Fsp3) is 0.304. The second-order valence-electron chi connectivity index (χ2n) is 6.91. The number of nitrogens with zero attached hydrogens (tertiary/aromatic N) is 2. The highest BCUT2D eigenvalue weighted by Crippen LogP contribution is 2.32. The number of sulfonamides is 1. The van der Waals surface area contributed by atoms with Crippen molar-refractivity contribution in [3.8, 4) is 16.3 Å². The van der Waals surface area contributed by atoms with Gasteiger partial charge in [0.1, 0.15) is 10.8 Å². The van der Waals surface area contributed by atoms with E-state index in [1.165, 1.54) is 27.8 Å². The summed E-state index contributed by atoms with van der Waals surface area (Å²) < 4.78 is 32.2. The minimum Gasteiger partial charge on any atom is -0.493 e. The Labute approximate surface area is 193 Å². The molecule has 1 aromatic heterocycles. The van der Waals surface area contributed by atoms with Crippen LogP contribution in [-0.2, 0) is 21.2 Å². The van der Waals surface area contributed by atoms with E-state index < -0.39 is 10.0 Å². The van der Waals surface area contributed by atoms with Crippen molar-refractivity contribution < 1.29 is 17.9 Å². The van der Waals surface area contributed by atoms with E-state index in [0.29, 0.717) is 31.1 Å². The van der Waals surface area contributed by atoms with Gasteiger partial charge in [0.2, 0.25) is 15.9 Å². The van der Waals surface area contributed by atoms with Gasteiger partial charge in [-0.15, -0.1) is 11.3 Å². The summed E-state index contributed by atoms with van der Waals surface area (Å²) in [5.41, 5.74) is 2.09. The number of thiazole rings is 1. The van der Waals surface area contributed by atoms with Crippen molar-refractivity contribution in [2.24, 2.45) is 0 Å². The maximum absolute atomic E-state index is 12.6. The first-order chi connectivity index (χ1) is 15.4. The molecule has 0 aliphatic heterocycles. The Morgan fingerprint density at radius 1 is 1.06 bits per heavy atom. The average molecular weight is 474 g/mol. The molecule has 3 aromatic rings. The number of carbonyl (C=O) groups is 1. The molecule has 32 heavy (non-hydrogen) atoms. The lowest BCUT2D eigenvalue weighted by Crippen LogP contribution is -2.30. The molecule has 0 unspecified atom stereocenters. The molecule has 170 valence electrons. The summed E-state index contributed by atoms with van der Waals surface area (Å²) >= 11 is 1.46. The topological polar surface area (TPSA) is 88.6 Å². The number of amides is 1. The van der Waals surface area contributed by atoms with Gasteiger partial charge < -0.3 is 10.1 Å². The van der Waals surface area contributed by atoms with Gasteiger partial charge >= 0.3 is 0 Å². The Balaban J connectivity index is 1.66. The number of nitrogens with one attached hydrogen (secondary N) is 1. The number of benzene rings is 2. The molecule has 0 aliphatic rings. The number of carbonyl (C=O) groups excluding carboxylic acids is 1. The Hall–Kier alpha value is -2.75. The predicted molar refractivity (Wildman–Crippen MR) is 128 cm³/mol. The zero-order valence-corrected chi connectivity index (χ0v) is 20.0. The number of rotatable bonds is 10. The van der Waals surface area contributed by atoms with Crippen LogP contribution in [0.2, 0.25) is 0 Å². The summed E-state index contributed by atoms with van der Waals surface area (Å²) in [7, 11) is -3.52. The van der Waals surface area contributed by atoms with Gasteiger partial charge in [-0.05, 0) is 43.3 Å².